The molecule has 8 heteroatoms. The minimum atomic E-state index is -0.269. The number of benzene rings is 1. The van der Waals surface area contributed by atoms with Crippen molar-refractivity contribution in [2.75, 3.05) is 26.9 Å². The van der Waals surface area contributed by atoms with E-state index in [4.69, 9.17) is 14.5 Å². The summed E-state index contributed by atoms with van der Waals surface area (Å²) in [5, 5.41) is 3.32. The van der Waals surface area contributed by atoms with Gasteiger partial charge in [0.15, 0.2) is 12.8 Å². The van der Waals surface area contributed by atoms with E-state index in [9.17, 15) is 4.39 Å². The molecule has 6 nitrogen and oxygen atoms in total. The van der Waals surface area contributed by atoms with Crippen molar-refractivity contribution in [3.8, 4) is 5.75 Å². The highest BCUT2D eigenvalue weighted by Gasteiger charge is 2.17. The number of aryl methyl sites for hydroxylation is 1. The molecule has 0 spiro atoms. The van der Waals surface area contributed by atoms with Crippen LogP contribution in [0.2, 0.25) is 0 Å². The lowest BCUT2D eigenvalue weighted by Gasteiger charge is -2.23. The molecule has 2 heterocycles. The van der Waals surface area contributed by atoms with E-state index in [1.807, 2.05) is 33.3 Å². The number of rotatable bonds is 6. The van der Waals surface area contributed by atoms with Gasteiger partial charge in [0.25, 0.3) is 0 Å². The normalized spacial score (nSPS) is 13.4. The van der Waals surface area contributed by atoms with Gasteiger partial charge >= 0.3 is 0 Å². The smallest absolute Gasteiger partial charge is 0.194 e. The van der Waals surface area contributed by atoms with Crippen LogP contribution < -0.4 is 10.1 Å². The minimum Gasteiger partial charge on any atom is -0.467 e. The molecule has 1 aliphatic heterocycles. The Bertz CT molecular complexity index is 809. The Hall–Kier alpha value is -1.81. The first kappa shape index (κ1) is 22.5. The number of aromatic nitrogens is 1. The molecule has 0 bridgehead atoms. The van der Waals surface area contributed by atoms with Gasteiger partial charge in [-0.15, -0.1) is 24.0 Å². The van der Waals surface area contributed by atoms with Crippen LogP contribution in [-0.4, -0.2) is 42.4 Å². The summed E-state index contributed by atoms with van der Waals surface area (Å²) in [6.07, 6.45) is 2.64. The standard InChI is InChI=1S/C20H27FN4O2.HI/c1-4-22-20(25(3)12-18-6-5-9-24(18)2)23-8-7-15-10-17(21)11-16-13-26-14-27-19(15)16;/h5-6,9-11H,4,7-8,12-14H2,1-3H3,(H,22,23);1H. The van der Waals surface area contributed by atoms with Gasteiger partial charge in [0.1, 0.15) is 11.6 Å². The molecule has 1 aromatic carbocycles. The molecule has 0 saturated heterocycles. The van der Waals surface area contributed by atoms with Crippen molar-refractivity contribution in [1.82, 2.24) is 14.8 Å². The van der Waals surface area contributed by atoms with Crippen LogP contribution in [0.25, 0.3) is 0 Å². The highest BCUT2D eigenvalue weighted by molar-refractivity contribution is 14.0. The molecular formula is C20H28FIN4O2. The molecule has 0 radical (unpaired) electrons. The zero-order valence-electron chi connectivity index (χ0n) is 16.6. The molecule has 2 aromatic rings. The third kappa shape index (κ3) is 5.60. The molecule has 0 amide bonds. The molecule has 3 rings (SSSR count). The van der Waals surface area contributed by atoms with Gasteiger partial charge < -0.3 is 24.3 Å². The molecule has 0 aliphatic carbocycles. The van der Waals surface area contributed by atoms with E-state index in [0.717, 1.165) is 35.9 Å². The second-order valence-corrected chi connectivity index (χ2v) is 6.62. The average molecular weight is 502 g/mol. The summed E-state index contributed by atoms with van der Waals surface area (Å²) in [5.74, 6) is 1.29. The second kappa shape index (κ2) is 10.7. The van der Waals surface area contributed by atoms with Crippen LogP contribution in [0.15, 0.2) is 35.5 Å². The second-order valence-electron chi connectivity index (χ2n) is 6.62. The Morgan fingerprint density at radius 3 is 2.93 bits per heavy atom. The summed E-state index contributed by atoms with van der Waals surface area (Å²) in [7, 11) is 4.04. The predicted octanol–water partition coefficient (Wildman–Crippen LogP) is 3.29. The van der Waals surface area contributed by atoms with Gasteiger partial charge in [-0.3, -0.25) is 4.99 Å². The van der Waals surface area contributed by atoms with Crippen molar-refractivity contribution in [3.63, 3.8) is 0 Å². The maximum Gasteiger partial charge on any atom is 0.194 e. The number of fused-ring (bicyclic) bond motifs is 1. The van der Waals surface area contributed by atoms with Gasteiger partial charge in [-0.25, -0.2) is 4.39 Å². The fourth-order valence-corrected chi connectivity index (χ4v) is 3.17. The highest BCUT2D eigenvalue weighted by Crippen LogP contribution is 2.29. The first-order valence-corrected chi connectivity index (χ1v) is 9.20. The zero-order valence-corrected chi connectivity index (χ0v) is 18.9. The van der Waals surface area contributed by atoms with E-state index in [0.29, 0.717) is 19.6 Å². The number of ether oxygens (including phenoxy) is 2. The van der Waals surface area contributed by atoms with E-state index in [1.54, 1.807) is 0 Å². The summed E-state index contributed by atoms with van der Waals surface area (Å²) < 4.78 is 26.8. The van der Waals surface area contributed by atoms with Crippen LogP contribution in [0.1, 0.15) is 23.7 Å². The fraction of sp³-hybridized carbons (Fsp3) is 0.450. The molecular weight excluding hydrogens is 474 g/mol. The van der Waals surface area contributed by atoms with Crippen LogP contribution in [-0.2, 0) is 31.4 Å². The summed E-state index contributed by atoms with van der Waals surface area (Å²) >= 11 is 0. The Balaban J connectivity index is 0.00000280. The Morgan fingerprint density at radius 2 is 2.21 bits per heavy atom. The monoisotopic (exact) mass is 502 g/mol. The Labute approximate surface area is 182 Å². The van der Waals surface area contributed by atoms with Crippen molar-refractivity contribution < 1.29 is 13.9 Å². The topological polar surface area (TPSA) is 51.0 Å². The lowest BCUT2D eigenvalue weighted by molar-refractivity contribution is -0.0172. The van der Waals surface area contributed by atoms with Gasteiger partial charge in [-0.05, 0) is 43.2 Å². The van der Waals surface area contributed by atoms with Crippen LogP contribution in [0, 0.1) is 5.82 Å². The van der Waals surface area contributed by atoms with Gasteiger partial charge in [0.2, 0.25) is 0 Å². The third-order valence-corrected chi connectivity index (χ3v) is 4.54. The Morgan fingerprint density at radius 1 is 1.39 bits per heavy atom. The molecule has 1 N–H and O–H groups in total. The molecule has 0 unspecified atom stereocenters. The van der Waals surface area contributed by atoms with Gasteiger partial charge in [-0.1, -0.05) is 0 Å². The summed E-state index contributed by atoms with van der Waals surface area (Å²) in [6, 6.07) is 7.13. The first-order valence-electron chi connectivity index (χ1n) is 9.20. The van der Waals surface area contributed by atoms with E-state index in [1.165, 1.54) is 17.8 Å². The molecule has 0 saturated carbocycles. The van der Waals surface area contributed by atoms with Crippen molar-refractivity contribution in [2.24, 2.45) is 12.0 Å². The van der Waals surface area contributed by atoms with Crippen molar-refractivity contribution >= 4 is 29.9 Å². The van der Waals surface area contributed by atoms with E-state index < -0.39 is 0 Å². The van der Waals surface area contributed by atoms with Crippen LogP contribution >= 0.6 is 24.0 Å². The molecule has 0 fully saturated rings. The van der Waals surface area contributed by atoms with Gasteiger partial charge in [0, 0.05) is 44.6 Å². The largest absolute Gasteiger partial charge is 0.467 e. The first-order chi connectivity index (χ1) is 13.1. The quantitative estimate of drug-likeness (QED) is 0.375. The van der Waals surface area contributed by atoms with Crippen molar-refractivity contribution in [2.45, 2.75) is 26.5 Å². The summed E-state index contributed by atoms with van der Waals surface area (Å²) in [4.78, 5) is 6.80. The number of halogens is 2. The van der Waals surface area contributed by atoms with Crippen LogP contribution in [0.4, 0.5) is 4.39 Å². The number of hydrogen-bond donors (Lipinski definition) is 1. The number of guanidine groups is 1. The van der Waals surface area contributed by atoms with Gasteiger partial charge in [-0.2, -0.15) is 0 Å². The number of nitrogens with one attached hydrogen (secondary N) is 1. The maximum atomic E-state index is 13.9. The summed E-state index contributed by atoms with van der Waals surface area (Å²) in [5.41, 5.74) is 2.79. The molecule has 0 atom stereocenters. The van der Waals surface area contributed by atoms with Gasteiger partial charge in [0.05, 0.1) is 13.2 Å². The Kier molecular flexibility index (Phi) is 8.56. The van der Waals surface area contributed by atoms with E-state index in [-0.39, 0.29) is 36.6 Å². The van der Waals surface area contributed by atoms with Crippen molar-refractivity contribution in [3.05, 3.63) is 53.1 Å². The van der Waals surface area contributed by atoms with Crippen LogP contribution in [0.3, 0.4) is 0 Å². The average Bonchev–Trinajstić information content (AvgIpc) is 3.05. The number of aliphatic imine (C=N–C) groups is 1. The third-order valence-electron chi connectivity index (χ3n) is 4.54. The van der Waals surface area contributed by atoms with E-state index >= 15 is 0 Å². The highest BCUT2D eigenvalue weighted by atomic mass is 127. The predicted molar refractivity (Wildman–Crippen MR) is 119 cm³/mol. The van der Waals surface area contributed by atoms with E-state index in [2.05, 4.69) is 20.9 Å². The lowest BCUT2D eigenvalue weighted by atomic mass is 10.1. The zero-order chi connectivity index (χ0) is 19.2. The molecule has 28 heavy (non-hydrogen) atoms. The summed E-state index contributed by atoms with van der Waals surface area (Å²) in [6.45, 7) is 4.71. The molecule has 154 valence electrons. The maximum absolute atomic E-state index is 13.9. The number of nitrogens with zero attached hydrogens (tertiary/aromatic N) is 3. The van der Waals surface area contributed by atoms with Crippen LogP contribution in [0.5, 0.6) is 5.75 Å². The fourth-order valence-electron chi connectivity index (χ4n) is 3.17. The van der Waals surface area contributed by atoms with Crippen molar-refractivity contribution in [1.29, 1.82) is 0 Å². The lowest BCUT2D eigenvalue weighted by Crippen LogP contribution is -2.39. The minimum absolute atomic E-state index is 0. The number of hydrogen-bond acceptors (Lipinski definition) is 3. The molecule has 1 aliphatic rings. The SMILES string of the molecule is CCNC(=NCCc1cc(F)cc2c1OCOC2)N(C)Cc1cccn1C.I. The molecule has 1 aromatic heterocycles.